The van der Waals surface area contributed by atoms with Gasteiger partial charge in [0.15, 0.2) is 0 Å². The number of ether oxygens (including phenoxy) is 2. The molecule has 0 aromatic heterocycles. The van der Waals surface area contributed by atoms with Crippen molar-refractivity contribution in [3.8, 4) is 5.75 Å². The number of nitrogens with one attached hydrogen (secondary N) is 2. The molecular formula is C18H18FN3O6. The van der Waals surface area contributed by atoms with Crippen LogP contribution in [-0.2, 0) is 14.3 Å². The molecule has 0 saturated heterocycles. The molecule has 0 fully saturated rings. The highest BCUT2D eigenvalue weighted by atomic mass is 19.1. The number of anilines is 1. The normalized spacial score (nSPS) is 11.4. The molecule has 2 aromatic rings. The van der Waals surface area contributed by atoms with Gasteiger partial charge in [0.2, 0.25) is 5.82 Å². The van der Waals surface area contributed by atoms with E-state index in [1.807, 2.05) is 0 Å². The molecule has 0 aliphatic rings. The second-order valence-corrected chi connectivity index (χ2v) is 5.55. The van der Waals surface area contributed by atoms with Crippen molar-refractivity contribution in [3.63, 3.8) is 0 Å². The standard InChI is InChI=1S/C18H18FN3O6/c1-27-15-6-4-3-5-12(15)16(28-2)10-20-17(23)18(24)21-11-7-8-13(19)14(9-11)22(25)26/h3-9,16H,10H2,1-2H3,(H,20,23)(H,21,24). The monoisotopic (exact) mass is 391 g/mol. The molecule has 2 aromatic carbocycles. The topological polar surface area (TPSA) is 120 Å². The molecule has 2 rings (SSSR count). The smallest absolute Gasteiger partial charge is 0.313 e. The van der Waals surface area contributed by atoms with E-state index in [1.54, 1.807) is 24.3 Å². The molecule has 0 spiro atoms. The van der Waals surface area contributed by atoms with Crippen molar-refractivity contribution in [2.75, 3.05) is 26.1 Å². The number of nitro groups is 1. The highest BCUT2D eigenvalue weighted by molar-refractivity contribution is 6.39. The van der Waals surface area contributed by atoms with Gasteiger partial charge in [-0.3, -0.25) is 19.7 Å². The molecule has 0 heterocycles. The van der Waals surface area contributed by atoms with Crippen molar-refractivity contribution in [1.82, 2.24) is 5.32 Å². The molecule has 0 bridgehead atoms. The molecule has 0 radical (unpaired) electrons. The lowest BCUT2D eigenvalue weighted by Crippen LogP contribution is -2.38. The van der Waals surface area contributed by atoms with Gasteiger partial charge in [0, 0.05) is 31.0 Å². The number of carbonyl (C=O) groups is 2. The Labute approximate surface area is 159 Å². The first-order valence-electron chi connectivity index (χ1n) is 8.06. The SMILES string of the molecule is COc1ccccc1C(CNC(=O)C(=O)Nc1ccc(F)c([N+](=O)[O-])c1)OC. The molecule has 148 valence electrons. The van der Waals surface area contributed by atoms with E-state index < -0.39 is 34.3 Å². The molecule has 9 nitrogen and oxygen atoms in total. The number of rotatable bonds is 7. The number of nitrogens with zero attached hydrogens (tertiary/aromatic N) is 1. The first-order chi connectivity index (χ1) is 13.4. The lowest BCUT2D eigenvalue weighted by atomic mass is 10.1. The summed E-state index contributed by atoms with van der Waals surface area (Å²) in [5.41, 5.74) is -0.211. The second kappa shape index (κ2) is 9.42. The minimum atomic E-state index is -1.06. The molecule has 2 N–H and O–H groups in total. The van der Waals surface area contributed by atoms with E-state index in [0.29, 0.717) is 11.3 Å². The highest BCUT2D eigenvalue weighted by Gasteiger charge is 2.21. The van der Waals surface area contributed by atoms with Gasteiger partial charge in [-0.15, -0.1) is 0 Å². The molecule has 0 aliphatic carbocycles. The van der Waals surface area contributed by atoms with E-state index in [4.69, 9.17) is 9.47 Å². The van der Waals surface area contributed by atoms with Gasteiger partial charge >= 0.3 is 17.5 Å². The van der Waals surface area contributed by atoms with Crippen LogP contribution in [0.5, 0.6) is 5.75 Å². The maximum atomic E-state index is 13.3. The zero-order valence-electron chi connectivity index (χ0n) is 15.1. The number of methoxy groups -OCH3 is 2. The minimum Gasteiger partial charge on any atom is -0.496 e. The summed E-state index contributed by atoms with van der Waals surface area (Å²) < 4.78 is 23.9. The summed E-state index contributed by atoms with van der Waals surface area (Å²) in [4.78, 5) is 33.8. The van der Waals surface area contributed by atoms with Crippen LogP contribution in [0.3, 0.4) is 0 Å². The first-order valence-corrected chi connectivity index (χ1v) is 8.06. The summed E-state index contributed by atoms with van der Waals surface area (Å²) in [7, 11) is 2.94. The number of nitro benzene ring substituents is 1. The number of halogens is 1. The molecule has 0 aliphatic heterocycles. The third kappa shape index (κ3) is 5.01. The Morgan fingerprint density at radius 3 is 2.54 bits per heavy atom. The summed E-state index contributed by atoms with van der Waals surface area (Å²) in [5, 5.41) is 15.3. The largest absolute Gasteiger partial charge is 0.496 e. The van der Waals surface area contributed by atoms with Crippen molar-refractivity contribution >= 4 is 23.2 Å². The van der Waals surface area contributed by atoms with Crippen molar-refractivity contribution in [2.45, 2.75) is 6.10 Å². The third-order valence-electron chi connectivity index (χ3n) is 3.83. The second-order valence-electron chi connectivity index (χ2n) is 5.55. The van der Waals surface area contributed by atoms with Crippen LogP contribution >= 0.6 is 0 Å². The van der Waals surface area contributed by atoms with Crippen molar-refractivity contribution in [2.24, 2.45) is 0 Å². The number of hydrogen-bond donors (Lipinski definition) is 2. The van der Waals surface area contributed by atoms with Crippen LogP contribution in [0.25, 0.3) is 0 Å². The van der Waals surface area contributed by atoms with Crippen LogP contribution in [0.1, 0.15) is 11.7 Å². The van der Waals surface area contributed by atoms with Gasteiger partial charge in [0.05, 0.1) is 12.0 Å². The lowest BCUT2D eigenvalue weighted by molar-refractivity contribution is -0.387. The maximum absolute atomic E-state index is 13.3. The van der Waals surface area contributed by atoms with E-state index in [1.165, 1.54) is 14.2 Å². The zero-order valence-corrected chi connectivity index (χ0v) is 15.1. The Morgan fingerprint density at radius 1 is 1.18 bits per heavy atom. The summed E-state index contributed by atoms with van der Waals surface area (Å²) >= 11 is 0. The summed E-state index contributed by atoms with van der Waals surface area (Å²) in [6.07, 6.45) is -0.570. The van der Waals surface area contributed by atoms with Gasteiger partial charge in [-0.2, -0.15) is 4.39 Å². The Morgan fingerprint density at radius 2 is 1.89 bits per heavy atom. The number of hydrogen-bond acceptors (Lipinski definition) is 6. The fourth-order valence-electron chi connectivity index (χ4n) is 2.44. The molecular weight excluding hydrogens is 373 g/mol. The van der Waals surface area contributed by atoms with Gasteiger partial charge in [-0.05, 0) is 18.2 Å². The first kappa shape index (κ1) is 20.8. The van der Waals surface area contributed by atoms with Gasteiger partial charge in [-0.25, -0.2) is 0 Å². The van der Waals surface area contributed by atoms with Crippen LogP contribution in [0.4, 0.5) is 15.8 Å². The van der Waals surface area contributed by atoms with E-state index in [-0.39, 0.29) is 12.2 Å². The Bertz CT molecular complexity index is 889. The van der Waals surface area contributed by atoms with Gasteiger partial charge in [-0.1, -0.05) is 18.2 Å². The average Bonchev–Trinajstić information content (AvgIpc) is 2.69. The summed E-state index contributed by atoms with van der Waals surface area (Å²) in [5.74, 6) is -2.53. The fourth-order valence-corrected chi connectivity index (χ4v) is 2.44. The van der Waals surface area contributed by atoms with Crippen LogP contribution < -0.4 is 15.4 Å². The predicted octanol–water partition coefficient (Wildman–Crippen LogP) is 2.18. The van der Waals surface area contributed by atoms with Crippen molar-refractivity contribution in [3.05, 3.63) is 64.0 Å². The Balaban J connectivity index is 2.01. The van der Waals surface area contributed by atoms with E-state index in [0.717, 1.165) is 18.2 Å². The Kier molecular flexibility index (Phi) is 6.99. The molecule has 1 unspecified atom stereocenters. The van der Waals surface area contributed by atoms with Crippen LogP contribution in [0, 0.1) is 15.9 Å². The highest BCUT2D eigenvalue weighted by Crippen LogP contribution is 2.26. The summed E-state index contributed by atoms with van der Waals surface area (Å²) in [6, 6.07) is 9.82. The number of carbonyl (C=O) groups excluding carboxylic acids is 2. The predicted molar refractivity (Wildman–Crippen MR) is 97.4 cm³/mol. The van der Waals surface area contributed by atoms with Crippen molar-refractivity contribution in [1.29, 1.82) is 0 Å². The molecule has 1 atom stereocenters. The van der Waals surface area contributed by atoms with E-state index in [9.17, 15) is 24.1 Å². The van der Waals surface area contributed by atoms with Gasteiger partial charge in [0.25, 0.3) is 0 Å². The minimum absolute atomic E-state index is 0.0211. The van der Waals surface area contributed by atoms with Gasteiger partial charge in [0.1, 0.15) is 11.9 Å². The average molecular weight is 391 g/mol. The quantitative estimate of drug-likeness (QED) is 0.424. The molecule has 0 saturated carbocycles. The molecule has 10 heteroatoms. The third-order valence-corrected chi connectivity index (χ3v) is 3.83. The number of benzene rings is 2. The van der Waals surface area contributed by atoms with E-state index in [2.05, 4.69) is 10.6 Å². The van der Waals surface area contributed by atoms with Gasteiger partial charge < -0.3 is 20.1 Å². The fraction of sp³-hybridized carbons (Fsp3) is 0.222. The van der Waals surface area contributed by atoms with Crippen molar-refractivity contribution < 1.29 is 28.4 Å². The number of para-hydroxylation sites is 1. The molecule has 28 heavy (non-hydrogen) atoms. The zero-order chi connectivity index (χ0) is 20.7. The molecule has 2 amide bonds. The van der Waals surface area contributed by atoms with Crippen LogP contribution in [0.15, 0.2) is 42.5 Å². The van der Waals surface area contributed by atoms with E-state index >= 15 is 0 Å². The van der Waals surface area contributed by atoms with Crippen LogP contribution in [0.2, 0.25) is 0 Å². The lowest BCUT2D eigenvalue weighted by Gasteiger charge is -2.18. The summed E-state index contributed by atoms with van der Waals surface area (Å²) in [6.45, 7) is -0.0211. The maximum Gasteiger partial charge on any atom is 0.313 e. The Hall–Kier alpha value is -3.53. The van der Waals surface area contributed by atoms with Crippen LogP contribution in [-0.4, -0.2) is 37.5 Å². The number of amides is 2.